The Kier molecular flexibility index (Phi) is 5.51. The molecule has 0 spiro atoms. The molecule has 2 N–H and O–H groups in total. The second-order valence-electron chi connectivity index (χ2n) is 6.39. The third kappa shape index (κ3) is 4.37. The minimum Gasteiger partial charge on any atom is -0.357 e. The minimum absolute atomic E-state index is 0.263. The molecule has 0 bridgehead atoms. The molecule has 0 aliphatic heterocycles. The van der Waals surface area contributed by atoms with E-state index in [9.17, 15) is 0 Å². The maximum Gasteiger partial charge on any atom is 0.191 e. The van der Waals surface area contributed by atoms with Crippen molar-refractivity contribution in [2.24, 2.45) is 4.99 Å². The summed E-state index contributed by atoms with van der Waals surface area (Å²) in [4.78, 5) is 4.83. The molecule has 128 valence electrons. The number of aromatic nitrogens is 2. The van der Waals surface area contributed by atoms with Crippen LogP contribution in [0.5, 0.6) is 0 Å². The van der Waals surface area contributed by atoms with E-state index in [2.05, 4.69) is 53.0 Å². The van der Waals surface area contributed by atoms with Gasteiger partial charge in [-0.05, 0) is 37.8 Å². The normalized spacial score (nSPS) is 16.0. The van der Waals surface area contributed by atoms with Crippen LogP contribution in [0.3, 0.4) is 0 Å². The fraction of sp³-hybridized carbons (Fsp3) is 0.474. The summed E-state index contributed by atoms with van der Waals surface area (Å²) in [5.74, 6) is 0.917. The number of hydrogen-bond donors (Lipinski definition) is 2. The van der Waals surface area contributed by atoms with E-state index in [1.54, 1.807) is 0 Å². The van der Waals surface area contributed by atoms with E-state index >= 15 is 0 Å². The molecular formula is C19H27N5. The summed E-state index contributed by atoms with van der Waals surface area (Å²) < 4.78 is 1.96. The highest BCUT2D eigenvalue weighted by molar-refractivity contribution is 5.79. The van der Waals surface area contributed by atoms with Gasteiger partial charge in [0.1, 0.15) is 0 Å². The molecule has 0 amide bonds. The van der Waals surface area contributed by atoms with Gasteiger partial charge in [0.05, 0.1) is 6.54 Å². The van der Waals surface area contributed by atoms with Crippen LogP contribution in [0.15, 0.2) is 53.8 Å². The summed E-state index contributed by atoms with van der Waals surface area (Å²) >= 11 is 0. The molecule has 1 aromatic heterocycles. The Morgan fingerprint density at radius 1 is 1.21 bits per heavy atom. The molecular weight excluding hydrogens is 298 g/mol. The molecule has 0 radical (unpaired) electrons. The van der Waals surface area contributed by atoms with E-state index in [4.69, 9.17) is 4.99 Å². The molecule has 1 saturated carbocycles. The maximum absolute atomic E-state index is 4.83. The van der Waals surface area contributed by atoms with Crippen molar-refractivity contribution in [2.45, 2.75) is 38.1 Å². The van der Waals surface area contributed by atoms with Gasteiger partial charge in [0, 0.05) is 37.4 Å². The van der Waals surface area contributed by atoms with Crippen molar-refractivity contribution in [1.29, 1.82) is 0 Å². The Morgan fingerprint density at radius 2 is 2.04 bits per heavy atom. The van der Waals surface area contributed by atoms with Gasteiger partial charge in [-0.1, -0.05) is 30.3 Å². The molecule has 0 unspecified atom stereocenters. The molecule has 24 heavy (non-hydrogen) atoms. The lowest BCUT2D eigenvalue weighted by atomic mass is 9.96. The van der Waals surface area contributed by atoms with E-state index in [1.807, 2.05) is 23.1 Å². The van der Waals surface area contributed by atoms with Crippen molar-refractivity contribution < 1.29 is 0 Å². The molecule has 0 saturated heterocycles. The van der Waals surface area contributed by atoms with E-state index in [1.165, 1.54) is 18.4 Å². The first kappa shape index (κ1) is 16.6. The van der Waals surface area contributed by atoms with Gasteiger partial charge >= 0.3 is 0 Å². The molecule has 1 fully saturated rings. The Labute approximate surface area is 144 Å². The fourth-order valence-corrected chi connectivity index (χ4v) is 2.93. The number of nitrogens with zero attached hydrogens (tertiary/aromatic N) is 3. The van der Waals surface area contributed by atoms with Gasteiger partial charge in [0.15, 0.2) is 5.96 Å². The van der Waals surface area contributed by atoms with Crippen LogP contribution < -0.4 is 10.6 Å². The first-order chi connectivity index (χ1) is 11.8. The van der Waals surface area contributed by atoms with Crippen LogP contribution in [0.2, 0.25) is 0 Å². The van der Waals surface area contributed by atoms with Gasteiger partial charge in [-0.15, -0.1) is 0 Å². The van der Waals surface area contributed by atoms with Crippen LogP contribution in [-0.4, -0.2) is 35.4 Å². The number of guanidine groups is 1. The quantitative estimate of drug-likeness (QED) is 0.445. The lowest BCUT2D eigenvalue weighted by Gasteiger charge is -2.16. The summed E-state index contributed by atoms with van der Waals surface area (Å²) in [5.41, 5.74) is 1.68. The largest absolute Gasteiger partial charge is 0.357 e. The smallest absolute Gasteiger partial charge is 0.191 e. The number of aliphatic imine (C=N–C) groups is 1. The summed E-state index contributed by atoms with van der Waals surface area (Å²) in [6.07, 6.45) is 7.31. The van der Waals surface area contributed by atoms with Gasteiger partial charge < -0.3 is 10.6 Å². The molecule has 1 aliphatic rings. The molecule has 3 rings (SSSR count). The minimum atomic E-state index is 0.263. The zero-order valence-corrected chi connectivity index (χ0v) is 14.4. The monoisotopic (exact) mass is 325 g/mol. The second-order valence-corrected chi connectivity index (χ2v) is 6.39. The predicted octanol–water partition coefficient (Wildman–Crippen LogP) is 2.56. The molecule has 1 aliphatic carbocycles. The molecule has 1 aromatic carbocycles. The topological polar surface area (TPSA) is 54.2 Å². The van der Waals surface area contributed by atoms with E-state index in [-0.39, 0.29) is 5.41 Å². The summed E-state index contributed by atoms with van der Waals surface area (Å²) in [5, 5.41) is 11.0. The van der Waals surface area contributed by atoms with E-state index in [0.29, 0.717) is 0 Å². The molecule has 5 heteroatoms. The zero-order valence-electron chi connectivity index (χ0n) is 14.4. The molecule has 0 atom stereocenters. The average molecular weight is 325 g/mol. The van der Waals surface area contributed by atoms with Crippen molar-refractivity contribution >= 4 is 5.96 Å². The third-order valence-electron chi connectivity index (χ3n) is 4.54. The van der Waals surface area contributed by atoms with Crippen LogP contribution in [0.25, 0.3) is 0 Å². The summed E-state index contributed by atoms with van der Waals surface area (Å²) in [6, 6.07) is 12.7. The predicted molar refractivity (Wildman–Crippen MR) is 98.2 cm³/mol. The van der Waals surface area contributed by atoms with Gasteiger partial charge in [-0.3, -0.25) is 9.67 Å². The second kappa shape index (κ2) is 7.99. The van der Waals surface area contributed by atoms with Gasteiger partial charge in [0.2, 0.25) is 0 Å². The van der Waals surface area contributed by atoms with Gasteiger partial charge in [0.25, 0.3) is 0 Å². The number of rotatable bonds is 8. The van der Waals surface area contributed by atoms with Crippen LogP contribution >= 0.6 is 0 Å². The van der Waals surface area contributed by atoms with E-state index in [0.717, 1.165) is 38.6 Å². The first-order valence-corrected chi connectivity index (χ1v) is 8.87. The highest BCUT2D eigenvalue weighted by atomic mass is 15.3. The highest BCUT2D eigenvalue weighted by Crippen LogP contribution is 2.48. The lowest BCUT2D eigenvalue weighted by molar-refractivity contribution is 0.569. The van der Waals surface area contributed by atoms with Crippen molar-refractivity contribution in [3.05, 3.63) is 54.4 Å². The molecule has 2 aromatic rings. The van der Waals surface area contributed by atoms with Crippen LogP contribution in [0.4, 0.5) is 0 Å². The first-order valence-electron chi connectivity index (χ1n) is 8.87. The summed E-state index contributed by atoms with van der Waals surface area (Å²) in [6.45, 7) is 5.65. The van der Waals surface area contributed by atoms with Gasteiger partial charge in [-0.2, -0.15) is 5.10 Å². The highest BCUT2D eigenvalue weighted by Gasteiger charge is 2.43. The number of nitrogens with one attached hydrogen (secondary N) is 2. The standard InChI is InChI=1S/C19H27N5/c1-2-20-18(21-12-6-14-24-15-7-13-23-24)22-16-19(10-11-19)17-8-4-3-5-9-17/h3-5,7-9,13,15H,2,6,10-12,14,16H2,1H3,(H2,20,21,22). The maximum atomic E-state index is 4.83. The number of hydrogen-bond acceptors (Lipinski definition) is 2. The number of aryl methyl sites for hydroxylation is 1. The molecule has 1 heterocycles. The fourth-order valence-electron chi connectivity index (χ4n) is 2.93. The van der Waals surface area contributed by atoms with Crippen molar-refractivity contribution in [2.75, 3.05) is 19.6 Å². The Hall–Kier alpha value is -2.30. The third-order valence-corrected chi connectivity index (χ3v) is 4.54. The van der Waals surface area contributed by atoms with Crippen LogP contribution in [0, 0.1) is 0 Å². The zero-order chi connectivity index (χ0) is 16.7. The summed E-state index contributed by atoms with van der Waals surface area (Å²) in [7, 11) is 0. The van der Waals surface area contributed by atoms with Crippen molar-refractivity contribution in [1.82, 2.24) is 20.4 Å². The SMILES string of the molecule is CCNC(=NCC1(c2ccccc2)CC1)NCCCn1cccn1. The van der Waals surface area contributed by atoms with Gasteiger partial charge in [-0.25, -0.2) is 0 Å². The molecule has 5 nitrogen and oxygen atoms in total. The Morgan fingerprint density at radius 3 is 2.71 bits per heavy atom. The average Bonchev–Trinajstić information content (AvgIpc) is 3.24. The van der Waals surface area contributed by atoms with E-state index < -0.39 is 0 Å². The van der Waals surface area contributed by atoms with Crippen LogP contribution in [-0.2, 0) is 12.0 Å². The Balaban J connectivity index is 1.50. The number of benzene rings is 1. The van der Waals surface area contributed by atoms with Crippen molar-refractivity contribution in [3.63, 3.8) is 0 Å². The lowest BCUT2D eigenvalue weighted by Crippen LogP contribution is -2.38. The van der Waals surface area contributed by atoms with Crippen LogP contribution in [0.1, 0.15) is 31.7 Å². The van der Waals surface area contributed by atoms with Crippen molar-refractivity contribution in [3.8, 4) is 0 Å². The Bertz CT molecular complexity index is 629.